The van der Waals surface area contributed by atoms with E-state index >= 15 is 0 Å². The Bertz CT molecular complexity index is 1110. The fraction of sp³-hybridized carbons (Fsp3) is 0.227. The number of rotatable bonds is 6. The minimum absolute atomic E-state index is 0.126. The van der Waals surface area contributed by atoms with Gasteiger partial charge in [0.1, 0.15) is 18.2 Å². The maximum Gasteiger partial charge on any atom is 0.257 e. The number of nitrogens with one attached hydrogen (secondary N) is 1. The molecule has 0 aliphatic carbocycles. The third kappa shape index (κ3) is 4.57. The van der Waals surface area contributed by atoms with E-state index in [4.69, 9.17) is 0 Å². The average Bonchev–Trinajstić information content (AvgIpc) is 2.69. The van der Waals surface area contributed by atoms with E-state index in [1.807, 2.05) is 19.1 Å². The van der Waals surface area contributed by atoms with Crippen LogP contribution in [0.3, 0.4) is 0 Å². The zero-order valence-electron chi connectivity index (χ0n) is 16.3. The molecule has 0 spiro atoms. The summed E-state index contributed by atoms with van der Waals surface area (Å²) < 4.78 is 15.0. The molecule has 1 aromatic heterocycles. The zero-order valence-corrected chi connectivity index (χ0v) is 16.3. The molecule has 3 rings (SSSR count). The van der Waals surface area contributed by atoms with Gasteiger partial charge in [0, 0.05) is 35.5 Å². The lowest BCUT2D eigenvalue weighted by atomic mass is 10.1. The zero-order chi connectivity index (χ0) is 21.0. The standard InChI is InChI=1S/C22H22FN3O3/c1-14-6-3-4-9-19(14)25-20(28)13-26-21(16-7-5-8-17(23)12-16)24-15(2)18(10-11-27)22(26)29/h3-9,12,27H,10-11,13H2,1-2H3,(H,25,28). The first kappa shape index (κ1) is 20.4. The summed E-state index contributed by atoms with van der Waals surface area (Å²) in [5, 5.41) is 12.1. The molecule has 0 saturated carbocycles. The van der Waals surface area contributed by atoms with Crippen LogP contribution in [0.25, 0.3) is 11.4 Å². The normalized spacial score (nSPS) is 10.8. The predicted molar refractivity (Wildman–Crippen MR) is 109 cm³/mol. The van der Waals surface area contributed by atoms with Crippen LogP contribution in [0.15, 0.2) is 53.3 Å². The predicted octanol–water partition coefficient (Wildman–Crippen LogP) is 2.84. The number of nitrogens with zero attached hydrogens (tertiary/aromatic N) is 2. The number of carbonyl (C=O) groups is 1. The van der Waals surface area contributed by atoms with Crippen LogP contribution in [0.4, 0.5) is 10.1 Å². The van der Waals surface area contributed by atoms with Crippen molar-refractivity contribution in [3.8, 4) is 11.4 Å². The highest BCUT2D eigenvalue weighted by atomic mass is 19.1. The molecule has 2 aromatic carbocycles. The van der Waals surface area contributed by atoms with Crippen LogP contribution in [-0.4, -0.2) is 27.2 Å². The van der Waals surface area contributed by atoms with Gasteiger partial charge < -0.3 is 10.4 Å². The van der Waals surface area contributed by atoms with Crippen LogP contribution in [-0.2, 0) is 17.8 Å². The third-order valence-electron chi connectivity index (χ3n) is 4.63. The van der Waals surface area contributed by atoms with Gasteiger partial charge in [0.2, 0.25) is 5.91 Å². The van der Waals surface area contributed by atoms with Crippen LogP contribution in [0.2, 0.25) is 0 Å². The second-order valence-corrected chi connectivity index (χ2v) is 6.74. The average molecular weight is 395 g/mol. The maximum absolute atomic E-state index is 13.8. The van der Waals surface area contributed by atoms with Gasteiger partial charge in [0.15, 0.2) is 0 Å². The molecule has 29 heavy (non-hydrogen) atoms. The van der Waals surface area contributed by atoms with Crippen LogP contribution in [0.1, 0.15) is 16.8 Å². The second kappa shape index (κ2) is 8.79. The minimum atomic E-state index is -0.468. The summed E-state index contributed by atoms with van der Waals surface area (Å²) in [5.41, 5.74) is 2.28. The van der Waals surface area contributed by atoms with E-state index in [0.717, 1.165) is 5.56 Å². The number of aryl methyl sites for hydroxylation is 2. The Kier molecular flexibility index (Phi) is 6.19. The Morgan fingerprint density at radius 3 is 2.62 bits per heavy atom. The molecule has 0 fully saturated rings. The Hall–Kier alpha value is -3.32. The largest absolute Gasteiger partial charge is 0.396 e. The van der Waals surface area contributed by atoms with Crippen molar-refractivity contribution in [3.05, 3.63) is 81.5 Å². The molecule has 0 unspecified atom stereocenters. The number of halogens is 1. The molecule has 0 radical (unpaired) electrons. The number of benzene rings is 2. The summed E-state index contributed by atoms with van der Waals surface area (Å²) >= 11 is 0. The topological polar surface area (TPSA) is 84.2 Å². The first-order valence-electron chi connectivity index (χ1n) is 9.23. The molecule has 0 bridgehead atoms. The van der Waals surface area contributed by atoms with Crippen molar-refractivity contribution in [2.24, 2.45) is 0 Å². The second-order valence-electron chi connectivity index (χ2n) is 6.74. The van der Waals surface area contributed by atoms with Crippen LogP contribution in [0, 0.1) is 19.7 Å². The van der Waals surface area contributed by atoms with E-state index in [0.29, 0.717) is 22.5 Å². The van der Waals surface area contributed by atoms with Crippen molar-refractivity contribution in [2.45, 2.75) is 26.8 Å². The summed E-state index contributed by atoms with van der Waals surface area (Å²) in [6.07, 6.45) is 0.126. The lowest BCUT2D eigenvalue weighted by Crippen LogP contribution is -2.33. The molecule has 150 valence electrons. The number of aromatic nitrogens is 2. The SMILES string of the molecule is Cc1ccccc1NC(=O)Cn1c(-c2cccc(F)c2)nc(C)c(CCO)c1=O. The number of hydrogen-bond acceptors (Lipinski definition) is 4. The molecule has 0 aliphatic rings. The van der Waals surface area contributed by atoms with Gasteiger partial charge in [-0.1, -0.05) is 30.3 Å². The van der Waals surface area contributed by atoms with Gasteiger partial charge in [-0.15, -0.1) is 0 Å². The fourth-order valence-corrected chi connectivity index (χ4v) is 3.14. The highest BCUT2D eigenvalue weighted by Crippen LogP contribution is 2.19. The van der Waals surface area contributed by atoms with E-state index in [-0.39, 0.29) is 25.4 Å². The Balaban J connectivity index is 2.05. The van der Waals surface area contributed by atoms with Crippen LogP contribution < -0.4 is 10.9 Å². The van der Waals surface area contributed by atoms with Gasteiger partial charge in [0.05, 0.1) is 0 Å². The summed E-state index contributed by atoms with van der Waals surface area (Å²) in [6, 6.07) is 13.0. The van der Waals surface area contributed by atoms with E-state index in [2.05, 4.69) is 10.3 Å². The van der Waals surface area contributed by atoms with Crippen molar-refractivity contribution in [3.63, 3.8) is 0 Å². The number of aliphatic hydroxyl groups excluding tert-OH is 1. The van der Waals surface area contributed by atoms with Gasteiger partial charge >= 0.3 is 0 Å². The molecule has 1 amide bonds. The van der Waals surface area contributed by atoms with Crippen LogP contribution >= 0.6 is 0 Å². The quantitative estimate of drug-likeness (QED) is 0.672. The molecule has 1 heterocycles. The molecule has 0 atom stereocenters. The lowest BCUT2D eigenvalue weighted by molar-refractivity contribution is -0.116. The molecule has 6 nitrogen and oxygen atoms in total. The molecule has 2 N–H and O–H groups in total. The molecule has 7 heteroatoms. The summed E-state index contributed by atoms with van der Waals surface area (Å²) in [7, 11) is 0. The van der Waals surface area contributed by atoms with Crippen molar-refractivity contribution in [1.29, 1.82) is 0 Å². The molecular formula is C22H22FN3O3. The lowest BCUT2D eigenvalue weighted by Gasteiger charge is -2.16. The van der Waals surface area contributed by atoms with Crippen molar-refractivity contribution >= 4 is 11.6 Å². The number of aliphatic hydroxyl groups is 1. The van der Waals surface area contributed by atoms with Gasteiger partial charge in [-0.05, 0) is 37.6 Å². The number of amides is 1. The third-order valence-corrected chi connectivity index (χ3v) is 4.63. The summed E-state index contributed by atoms with van der Waals surface area (Å²) in [6.45, 7) is 3.02. The van der Waals surface area contributed by atoms with E-state index in [9.17, 15) is 19.1 Å². The Morgan fingerprint density at radius 2 is 1.93 bits per heavy atom. The molecule has 3 aromatic rings. The van der Waals surface area contributed by atoms with Crippen molar-refractivity contribution in [1.82, 2.24) is 9.55 Å². The van der Waals surface area contributed by atoms with Gasteiger partial charge in [0.25, 0.3) is 5.56 Å². The first-order valence-corrected chi connectivity index (χ1v) is 9.23. The monoisotopic (exact) mass is 395 g/mol. The summed E-state index contributed by atoms with van der Waals surface area (Å²) in [4.78, 5) is 30.2. The molecule has 0 saturated heterocycles. The summed E-state index contributed by atoms with van der Waals surface area (Å²) in [5.74, 6) is -0.668. The Labute approximate surface area is 167 Å². The van der Waals surface area contributed by atoms with E-state index < -0.39 is 17.3 Å². The number of para-hydroxylation sites is 1. The van der Waals surface area contributed by atoms with Gasteiger partial charge in [-0.3, -0.25) is 14.2 Å². The number of anilines is 1. The van der Waals surface area contributed by atoms with Crippen LogP contribution in [0.5, 0.6) is 0 Å². The van der Waals surface area contributed by atoms with Crippen molar-refractivity contribution < 1.29 is 14.3 Å². The molecular weight excluding hydrogens is 373 g/mol. The number of carbonyl (C=O) groups excluding carboxylic acids is 1. The Morgan fingerprint density at radius 1 is 1.17 bits per heavy atom. The van der Waals surface area contributed by atoms with Crippen molar-refractivity contribution in [2.75, 3.05) is 11.9 Å². The van der Waals surface area contributed by atoms with Gasteiger partial charge in [-0.25, -0.2) is 9.37 Å². The fourth-order valence-electron chi connectivity index (χ4n) is 3.14. The molecule has 0 aliphatic heterocycles. The van der Waals surface area contributed by atoms with E-state index in [1.54, 1.807) is 25.1 Å². The highest BCUT2D eigenvalue weighted by Gasteiger charge is 2.18. The van der Waals surface area contributed by atoms with E-state index in [1.165, 1.54) is 22.8 Å². The number of hydrogen-bond donors (Lipinski definition) is 2. The maximum atomic E-state index is 13.8. The first-order chi connectivity index (χ1) is 13.9. The van der Waals surface area contributed by atoms with Gasteiger partial charge in [-0.2, -0.15) is 0 Å². The smallest absolute Gasteiger partial charge is 0.257 e. The minimum Gasteiger partial charge on any atom is -0.396 e. The highest BCUT2D eigenvalue weighted by molar-refractivity contribution is 5.91.